The summed E-state index contributed by atoms with van der Waals surface area (Å²) < 4.78 is 10.8. The number of anilines is 1. The smallest absolute Gasteiger partial charge is 0.271 e. The van der Waals surface area contributed by atoms with Gasteiger partial charge in [-0.05, 0) is 54.6 Å². The molecule has 164 valence electrons. The van der Waals surface area contributed by atoms with E-state index < -0.39 is 5.91 Å². The zero-order valence-electron chi connectivity index (χ0n) is 17.0. The lowest BCUT2D eigenvalue weighted by Crippen LogP contribution is -2.21. The predicted octanol–water partition coefficient (Wildman–Crippen LogP) is 4.78. The average molecular weight is 472 g/mol. The van der Waals surface area contributed by atoms with Crippen LogP contribution in [0.25, 0.3) is 0 Å². The van der Waals surface area contributed by atoms with E-state index in [1.54, 1.807) is 66.7 Å². The monoisotopic (exact) mass is 471 g/mol. The van der Waals surface area contributed by atoms with E-state index in [0.29, 0.717) is 38.4 Å². The fourth-order valence-electron chi connectivity index (χ4n) is 2.66. The number of halogens is 2. The number of methoxy groups -OCH3 is 1. The summed E-state index contributed by atoms with van der Waals surface area (Å²) in [7, 11) is 1.52. The summed E-state index contributed by atoms with van der Waals surface area (Å²) in [6.45, 7) is -0.252. The Balaban J connectivity index is 1.63. The molecule has 7 nitrogen and oxygen atoms in total. The Morgan fingerprint density at radius 3 is 2.44 bits per heavy atom. The number of hydrogen-bond acceptors (Lipinski definition) is 5. The first kappa shape index (κ1) is 23.1. The van der Waals surface area contributed by atoms with Crippen molar-refractivity contribution in [2.24, 2.45) is 5.10 Å². The quantitative estimate of drug-likeness (QED) is 0.365. The van der Waals surface area contributed by atoms with Crippen LogP contribution in [0.5, 0.6) is 11.5 Å². The number of nitrogens with one attached hydrogen (secondary N) is 2. The highest BCUT2D eigenvalue weighted by Crippen LogP contribution is 2.24. The van der Waals surface area contributed by atoms with Gasteiger partial charge in [-0.2, -0.15) is 5.10 Å². The van der Waals surface area contributed by atoms with E-state index in [-0.39, 0.29) is 12.5 Å². The molecule has 2 amide bonds. The molecule has 0 spiro atoms. The molecule has 0 aliphatic carbocycles. The maximum atomic E-state index is 12.3. The van der Waals surface area contributed by atoms with E-state index in [1.165, 1.54) is 13.3 Å². The number of ether oxygens (including phenoxy) is 2. The van der Waals surface area contributed by atoms with Gasteiger partial charge in [0.05, 0.1) is 19.0 Å². The average Bonchev–Trinajstić information content (AvgIpc) is 2.79. The Labute approximate surface area is 194 Å². The van der Waals surface area contributed by atoms with Crippen LogP contribution in [-0.4, -0.2) is 31.7 Å². The van der Waals surface area contributed by atoms with E-state index in [4.69, 9.17) is 32.7 Å². The zero-order valence-corrected chi connectivity index (χ0v) is 18.5. The van der Waals surface area contributed by atoms with Crippen molar-refractivity contribution in [1.29, 1.82) is 0 Å². The van der Waals surface area contributed by atoms with Gasteiger partial charge in [0.1, 0.15) is 11.5 Å². The minimum absolute atomic E-state index is 0.252. The van der Waals surface area contributed by atoms with E-state index in [2.05, 4.69) is 15.8 Å². The van der Waals surface area contributed by atoms with Crippen molar-refractivity contribution in [2.75, 3.05) is 19.0 Å². The molecule has 0 heterocycles. The molecule has 2 N–H and O–H groups in total. The normalized spacial score (nSPS) is 10.6. The van der Waals surface area contributed by atoms with E-state index in [1.807, 2.05) is 0 Å². The lowest BCUT2D eigenvalue weighted by Gasteiger charge is -2.12. The van der Waals surface area contributed by atoms with Crippen LogP contribution in [0.15, 0.2) is 71.8 Å². The second-order valence-corrected chi connectivity index (χ2v) is 7.30. The summed E-state index contributed by atoms with van der Waals surface area (Å²) in [5.41, 5.74) is 3.84. The molecule has 9 heteroatoms. The summed E-state index contributed by atoms with van der Waals surface area (Å²) in [6.07, 6.45) is 1.38. The first-order chi connectivity index (χ1) is 15.5. The predicted molar refractivity (Wildman–Crippen MR) is 125 cm³/mol. The molecule has 0 radical (unpaired) electrons. The van der Waals surface area contributed by atoms with Gasteiger partial charge in [-0.15, -0.1) is 0 Å². The van der Waals surface area contributed by atoms with Crippen LogP contribution >= 0.6 is 23.2 Å². The zero-order chi connectivity index (χ0) is 22.9. The lowest BCUT2D eigenvalue weighted by molar-refractivity contribution is -0.118. The Morgan fingerprint density at radius 2 is 1.69 bits per heavy atom. The van der Waals surface area contributed by atoms with Crippen molar-refractivity contribution < 1.29 is 19.1 Å². The van der Waals surface area contributed by atoms with Gasteiger partial charge in [0, 0.05) is 21.2 Å². The summed E-state index contributed by atoms with van der Waals surface area (Å²) >= 11 is 11.9. The van der Waals surface area contributed by atoms with E-state index in [9.17, 15) is 9.59 Å². The van der Waals surface area contributed by atoms with Crippen LogP contribution in [-0.2, 0) is 4.79 Å². The maximum Gasteiger partial charge on any atom is 0.271 e. The molecule has 0 aliphatic heterocycles. The molecule has 32 heavy (non-hydrogen) atoms. The van der Waals surface area contributed by atoms with Crippen LogP contribution in [0.2, 0.25) is 10.0 Å². The Morgan fingerprint density at radius 1 is 0.969 bits per heavy atom. The van der Waals surface area contributed by atoms with E-state index in [0.717, 1.165) is 0 Å². The second-order valence-electron chi connectivity index (χ2n) is 6.43. The van der Waals surface area contributed by atoms with Gasteiger partial charge in [-0.1, -0.05) is 35.3 Å². The van der Waals surface area contributed by atoms with Crippen LogP contribution in [0.1, 0.15) is 15.9 Å². The Hall–Kier alpha value is -3.55. The molecule has 0 bridgehead atoms. The SMILES string of the molecule is COc1ccccc1NC(=O)COc1ccc(Cl)cc1C=NNC(=O)c1ccc(Cl)cc1. The van der Waals surface area contributed by atoms with Crippen LogP contribution in [0.4, 0.5) is 5.69 Å². The molecular weight excluding hydrogens is 453 g/mol. The standard InChI is InChI=1S/C23H19Cl2N3O4/c1-31-21-5-3-2-4-19(21)27-22(29)14-32-20-11-10-18(25)12-16(20)13-26-28-23(30)15-6-8-17(24)9-7-15/h2-13H,14H2,1H3,(H,27,29)(H,28,30). The van der Waals surface area contributed by atoms with Gasteiger partial charge in [-0.25, -0.2) is 5.43 Å². The summed E-state index contributed by atoms with van der Waals surface area (Å²) in [6, 6.07) is 18.3. The van der Waals surface area contributed by atoms with Gasteiger partial charge in [0.15, 0.2) is 6.61 Å². The Bertz CT molecular complexity index is 1130. The minimum atomic E-state index is -0.404. The van der Waals surface area contributed by atoms with Gasteiger partial charge in [0.2, 0.25) is 0 Å². The fourth-order valence-corrected chi connectivity index (χ4v) is 2.96. The van der Waals surface area contributed by atoms with Crippen molar-refractivity contribution in [3.8, 4) is 11.5 Å². The van der Waals surface area contributed by atoms with Gasteiger partial charge in [0.25, 0.3) is 11.8 Å². The maximum absolute atomic E-state index is 12.3. The highest BCUT2D eigenvalue weighted by atomic mass is 35.5. The van der Waals surface area contributed by atoms with Crippen molar-refractivity contribution in [1.82, 2.24) is 5.43 Å². The molecule has 0 unspecified atom stereocenters. The van der Waals surface area contributed by atoms with Crippen LogP contribution in [0, 0.1) is 0 Å². The van der Waals surface area contributed by atoms with Crippen molar-refractivity contribution in [2.45, 2.75) is 0 Å². The van der Waals surface area contributed by atoms with Gasteiger partial charge < -0.3 is 14.8 Å². The number of rotatable bonds is 8. The fraction of sp³-hybridized carbons (Fsp3) is 0.0870. The first-order valence-electron chi connectivity index (χ1n) is 9.40. The minimum Gasteiger partial charge on any atom is -0.495 e. The number of carbonyl (C=O) groups excluding carboxylic acids is 2. The summed E-state index contributed by atoms with van der Waals surface area (Å²) in [4.78, 5) is 24.4. The van der Waals surface area contributed by atoms with Gasteiger partial charge >= 0.3 is 0 Å². The van der Waals surface area contributed by atoms with Crippen molar-refractivity contribution in [3.63, 3.8) is 0 Å². The topological polar surface area (TPSA) is 89.0 Å². The molecule has 0 saturated heterocycles. The van der Waals surface area contributed by atoms with Gasteiger partial charge in [-0.3, -0.25) is 9.59 Å². The number of benzene rings is 3. The molecule has 0 saturated carbocycles. The number of amides is 2. The van der Waals surface area contributed by atoms with Crippen molar-refractivity contribution >= 4 is 46.9 Å². The lowest BCUT2D eigenvalue weighted by atomic mass is 10.2. The number of para-hydroxylation sites is 2. The molecule has 0 fully saturated rings. The van der Waals surface area contributed by atoms with E-state index >= 15 is 0 Å². The van der Waals surface area contributed by atoms with Crippen LogP contribution < -0.4 is 20.2 Å². The number of carbonyl (C=O) groups is 2. The third kappa shape index (κ3) is 6.47. The largest absolute Gasteiger partial charge is 0.495 e. The second kappa shape index (κ2) is 11.2. The van der Waals surface area contributed by atoms with Crippen LogP contribution in [0.3, 0.4) is 0 Å². The third-order valence-electron chi connectivity index (χ3n) is 4.19. The Kier molecular flexibility index (Phi) is 8.08. The highest BCUT2D eigenvalue weighted by molar-refractivity contribution is 6.31. The third-order valence-corrected chi connectivity index (χ3v) is 4.67. The number of hydrogen-bond donors (Lipinski definition) is 2. The van der Waals surface area contributed by atoms with Crippen molar-refractivity contribution in [3.05, 3.63) is 87.9 Å². The highest BCUT2D eigenvalue weighted by Gasteiger charge is 2.10. The molecule has 3 rings (SSSR count). The molecule has 0 aromatic heterocycles. The molecule has 3 aromatic rings. The summed E-state index contributed by atoms with van der Waals surface area (Å²) in [5.74, 6) is 0.132. The first-order valence-corrected chi connectivity index (χ1v) is 10.2. The molecule has 0 aliphatic rings. The molecule has 3 aromatic carbocycles. The number of nitrogens with zero attached hydrogens (tertiary/aromatic N) is 1. The number of hydrazone groups is 1. The molecule has 0 atom stereocenters. The summed E-state index contributed by atoms with van der Waals surface area (Å²) in [5, 5.41) is 7.65. The molecular formula is C23H19Cl2N3O4.